The Morgan fingerprint density at radius 3 is 2.26 bits per heavy atom. The maximum Gasteiger partial charge on any atom is 0.240 e. The van der Waals surface area contributed by atoms with Crippen LogP contribution in [-0.4, -0.2) is 34.9 Å². The quantitative estimate of drug-likeness (QED) is 0.393. The first-order chi connectivity index (χ1) is 16.5. The van der Waals surface area contributed by atoms with Crippen molar-refractivity contribution in [2.75, 3.05) is 4.90 Å². The number of hydrogen-bond acceptors (Lipinski definition) is 5. The van der Waals surface area contributed by atoms with E-state index in [0.29, 0.717) is 21.3 Å². The Kier molecular flexibility index (Phi) is 4.83. The second kappa shape index (κ2) is 7.79. The fourth-order valence-electron chi connectivity index (χ4n) is 5.32. The lowest BCUT2D eigenvalue weighted by molar-refractivity contribution is -0.124. The Hall–Kier alpha value is -3.48. The van der Waals surface area contributed by atoms with Crippen molar-refractivity contribution in [2.45, 2.75) is 12.1 Å². The number of hydrogen-bond donors (Lipinski definition) is 0. The number of carbonyl (C=O) groups is 3. The Balaban J connectivity index is 1.51. The molecule has 2 fully saturated rings. The molecule has 4 atom stereocenters. The van der Waals surface area contributed by atoms with Crippen LogP contribution in [-0.2, 0) is 9.59 Å². The molecule has 0 bridgehead atoms. The summed E-state index contributed by atoms with van der Waals surface area (Å²) in [6, 6.07) is 19.4. The molecule has 2 saturated heterocycles. The molecule has 0 spiro atoms. The predicted molar refractivity (Wildman–Crippen MR) is 129 cm³/mol. The van der Waals surface area contributed by atoms with Gasteiger partial charge in [-0.2, -0.15) is 5.10 Å². The van der Waals surface area contributed by atoms with Crippen LogP contribution >= 0.6 is 23.2 Å². The minimum Gasteiger partial charge on any atom is -0.292 e. The van der Waals surface area contributed by atoms with Crippen molar-refractivity contribution >= 4 is 52.7 Å². The van der Waals surface area contributed by atoms with Crippen LogP contribution in [0, 0.1) is 11.8 Å². The third kappa shape index (κ3) is 2.95. The molecular weight excluding hydrogens is 473 g/mol. The Bertz CT molecular complexity index is 1390. The second-order valence-corrected chi connectivity index (χ2v) is 9.37. The number of rotatable bonds is 3. The van der Waals surface area contributed by atoms with Gasteiger partial charge < -0.3 is 0 Å². The normalized spacial score (nSPS) is 24.8. The standard InChI is InChI=1S/C26H17Cl2N3O3/c27-16-11-9-14(10-12-16)24(32)23-21-20(22-17-6-2-1-5-15(17)13-29-31(22)23)25(33)30(26(21)34)19-8-4-3-7-18(19)28/h1-13,20-23H/t20-,21-,22+,23+/m1/s1. The lowest BCUT2D eigenvalue weighted by Crippen LogP contribution is -2.44. The topological polar surface area (TPSA) is 70.0 Å². The molecular formula is C26H17Cl2N3O3. The molecule has 0 N–H and O–H groups in total. The average Bonchev–Trinajstić information content (AvgIpc) is 3.32. The summed E-state index contributed by atoms with van der Waals surface area (Å²) in [6.45, 7) is 0. The monoisotopic (exact) mass is 489 g/mol. The van der Waals surface area contributed by atoms with Crippen LogP contribution in [0.15, 0.2) is 77.9 Å². The summed E-state index contributed by atoms with van der Waals surface area (Å²) in [6.07, 6.45) is 1.68. The molecule has 0 unspecified atom stereocenters. The van der Waals surface area contributed by atoms with Gasteiger partial charge in [-0.25, -0.2) is 4.90 Å². The van der Waals surface area contributed by atoms with Gasteiger partial charge in [-0.1, -0.05) is 59.6 Å². The number of imide groups is 1. The number of amides is 2. The van der Waals surface area contributed by atoms with Crippen molar-refractivity contribution in [1.82, 2.24) is 5.01 Å². The van der Waals surface area contributed by atoms with E-state index in [1.165, 1.54) is 0 Å². The van der Waals surface area contributed by atoms with E-state index >= 15 is 0 Å². The number of para-hydroxylation sites is 1. The Labute approximate surface area is 205 Å². The SMILES string of the molecule is O=C(c1ccc(Cl)cc1)[C@@H]1[C@@H]2C(=O)N(c3ccccc3Cl)C(=O)[C@H]2[C@@H]2c3ccccc3C=NN12. The lowest BCUT2D eigenvalue weighted by atomic mass is 9.83. The van der Waals surface area contributed by atoms with E-state index in [-0.39, 0.29) is 11.7 Å². The zero-order valence-corrected chi connectivity index (χ0v) is 19.1. The van der Waals surface area contributed by atoms with Crippen LogP contribution in [0.1, 0.15) is 27.5 Å². The zero-order chi connectivity index (χ0) is 23.6. The van der Waals surface area contributed by atoms with Gasteiger partial charge in [-0.3, -0.25) is 19.4 Å². The minimum atomic E-state index is -0.940. The number of nitrogens with zero attached hydrogens (tertiary/aromatic N) is 3. The van der Waals surface area contributed by atoms with Gasteiger partial charge in [0, 0.05) is 10.6 Å². The number of benzene rings is 3. The van der Waals surface area contributed by atoms with Gasteiger partial charge in [0.05, 0.1) is 34.8 Å². The summed E-state index contributed by atoms with van der Waals surface area (Å²) in [7, 11) is 0. The van der Waals surface area contributed by atoms with Crippen LogP contribution in [0.2, 0.25) is 10.0 Å². The highest BCUT2D eigenvalue weighted by Crippen LogP contribution is 2.53. The van der Waals surface area contributed by atoms with Crippen LogP contribution in [0.4, 0.5) is 5.69 Å². The number of ketones is 1. The molecule has 6 rings (SSSR count). The van der Waals surface area contributed by atoms with Crippen molar-refractivity contribution in [2.24, 2.45) is 16.9 Å². The number of hydrazone groups is 1. The van der Waals surface area contributed by atoms with Gasteiger partial charge in [0.1, 0.15) is 6.04 Å². The average molecular weight is 490 g/mol. The molecule has 2 amide bonds. The minimum absolute atomic E-state index is 0.284. The third-order valence-electron chi connectivity index (χ3n) is 6.78. The predicted octanol–water partition coefficient (Wildman–Crippen LogP) is 4.75. The fraction of sp³-hybridized carbons (Fsp3) is 0.154. The molecule has 3 aliphatic rings. The molecule has 168 valence electrons. The number of carbonyl (C=O) groups excluding carboxylic acids is 3. The lowest BCUT2D eigenvalue weighted by Gasteiger charge is -2.33. The molecule has 3 aromatic rings. The summed E-state index contributed by atoms with van der Waals surface area (Å²) in [5.74, 6) is -2.79. The first kappa shape index (κ1) is 21.1. The molecule has 6 nitrogen and oxygen atoms in total. The van der Waals surface area contributed by atoms with Crippen LogP contribution in [0.3, 0.4) is 0 Å². The number of fused-ring (bicyclic) bond motifs is 5. The third-order valence-corrected chi connectivity index (χ3v) is 7.36. The van der Waals surface area contributed by atoms with Gasteiger partial charge in [-0.05, 0) is 47.5 Å². The number of Topliss-reactive ketones (excluding diaryl/α,β-unsaturated/α-hetero) is 1. The maximum absolute atomic E-state index is 13.8. The maximum atomic E-state index is 13.8. The van der Waals surface area contributed by atoms with E-state index in [1.807, 2.05) is 24.3 Å². The second-order valence-electron chi connectivity index (χ2n) is 8.53. The van der Waals surface area contributed by atoms with E-state index in [4.69, 9.17) is 23.2 Å². The largest absolute Gasteiger partial charge is 0.292 e. The summed E-state index contributed by atoms with van der Waals surface area (Å²) in [5, 5.41) is 6.99. The molecule has 0 radical (unpaired) electrons. The van der Waals surface area contributed by atoms with Crippen LogP contribution in [0.5, 0.6) is 0 Å². The highest BCUT2D eigenvalue weighted by atomic mass is 35.5. The molecule has 0 aromatic heterocycles. The van der Waals surface area contributed by atoms with Gasteiger partial charge in [-0.15, -0.1) is 0 Å². The molecule has 8 heteroatoms. The van der Waals surface area contributed by atoms with Crippen molar-refractivity contribution in [3.63, 3.8) is 0 Å². The van der Waals surface area contributed by atoms with Gasteiger partial charge in [0.2, 0.25) is 11.8 Å². The first-order valence-electron chi connectivity index (χ1n) is 10.8. The van der Waals surface area contributed by atoms with E-state index in [0.717, 1.165) is 16.0 Å². The summed E-state index contributed by atoms with van der Waals surface area (Å²) >= 11 is 12.4. The molecule has 3 aromatic carbocycles. The summed E-state index contributed by atoms with van der Waals surface area (Å²) < 4.78 is 0. The van der Waals surface area contributed by atoms with E-state index in [1.54, 1.807) is 59.8 Å². The molecule has 3 aliphatic heterocycles. The highest BCUT2D eigenvalue weighted by Gasteiger charge is 2.65. The molecule has 0 saturated carbocycles. The molecule has 34 heavy (non-hydrogen) atoms. The van der Waals surface area contributed by atoms with Crippen molar-refractivity contribution in [3.8, 4) is 0 Å². The summed E-state index contributed by atoms with van der Waals surface area (Å²) in [4.78, 5) is 42.5. The van der Waals surface area contributed by atoms with E-state index < -0.39 is 29.8 Å². The van der Waals surface area contributed by atoms with E-state index in [9.17, 15) is 14.4 Å². The summed E-state index contributed by atoms with van der Waals surface area (Å²) in [5.41, 5.74) is 2.45. The number of halogens is 2. The highest BCUT2D eigenvalue weighted by molar-refractivity contribution is 6.36. The van der Waals surface area contributed by atoms with Crippen LogP contribution < -0.4 is 4.90 Å². The fourth-order valence-corrected chi connectivity index (χ4v) is 5.67. The van der Waals surface area contributed by atoms with E-state index in [2.05, 4.69) is 5.10 Å². The number of anilines is 1. The zero-order valence-electron chi connectivity index (χ0n) is 17.6. The smallest absolute Gasteiger partial charge is 0.240 e. The Morgan fingerprint density at radius 2 is 1.50 bits per heavy atom. The van der Waals surface area contributed by atoms with Crippen molar-refractivity contribution < 1.29 is 14.4 Å². The van der Waals surface area contributed by atoms with Crippen molar-refractivity contribution in [1.29, 1.82) is 0 Å². The van der Waals surface area contributed by atoms with Gasteiger partial charge in [0.25, 0.3) is 0 Å². The Morgan fingerprint density at radius 1 is 0.824 bits per heavy atom. The van der Waals surface area contributed by atoms with Gasteiger partial charge >= 0.3 is 0 Å². The molecule has 3 heterocycles. The van der Waals surface area contributed by atoms with Gasteiger partial charge in [0.15, 0.2) is 5.78 Å². The molecule has 0 aliphatic carbocycles. The van der Waals surface area contributed by atoms with Crippen LogP contribution in [0.25, 0.3) is 0 Å². The van der Waals surface area contributed by atoms with Crippen molar-refractivity contribution in [3.05, 3.63) is 99.5 Å². The first-order valence-corrected chi connectivity index (χ1v) is 11.6.